The second-order valence-electron chi connectivity index (χ2n) is 5.85. The number of amides is 1. The molecule has 4 aromatic rings. The van der Waals surface area contributed by atoms with Crippen molar-refractivity contribution in [3.05, 3.63) is 90.5 Å². The van der Waals surface area contributed by atoms with Crippen LogP contribution < -0.4 is 10.1 Å². The van der Waals surface area contributed by atoms with E-state index < -0.39 is 0 Å². The van der Waals surface area contributed by atoms with Crippen LogP contribution in [0.3, 0.4) is 0 Å². The summed E-state index contributed by atoms with van der Waals surface area (Å²) in [5, 5.41) is 6.82. The largest absolute Gasteiger partial charge is 0.485 e. The van der Waals surface area contributed by atoms with Gasteiger partial charge in [-0.2, -0.15) is 4.98 Å². The zero-order valence-corrected chi connectivity index (χ0v) is 14.8. The van der Waals surface area contributed by atoms with Crippen LogP contribution in [-0.2, 0) is 6.61 Å². The van der Waals surface area contributed by atoms with E-state index in [0.717, 1.165) is 5.75 Å². The van der Waals surface area contributed by atoms with Crippen LogP contribution in [0.15, 0.2) is 83.6 Å². The van der Waals surface area contributed by atoms with E-state index in [1.54, 1.807) is 36.7 Å². The van der Waals surface area contributed by atoms with Gasteiger partial charge in [-0.1, -0.05) is 35.5 Å². The van der Waals surface area contributed by atoms with Gasteiger partial charge in [0.25, 0.3) is 11.8 Å². The highest BCUT2D eigenvalue weighted by molar-refractivity contribution is 6.05. The maximum atomic E-state index is 12.4. The molecule has 7 heteroatoms. The van der Waals surface area contributed by atoms with Crippen LogP contribution >= 0.6 is 0 Å². The molecule has 0 atom stereocenters. The van der Waals surface area contributed by atoms with Crippen LogP contribution in [-0.4, -0.2) is 21.0 Å². The molecule has 0 saturated heterocycles. The number of nitrogens with zero attached hydrogens (tertiary/aromatic N) is 3. The third-order valence-corrected chi connectivity index (χ3v) is 3.93. The van der Waals surface area contributed by atoms with Gasteiger partial charge >= 0.3 is 0 Å². The molecular formula is C21H16N4O3. The van der Waals surface area contributed by atoms with Gasteiger partial charge < -0.3 is 14.6 Å². The number of carbonyl (C=O) groups excluding carboxylic acids is 1. The van der Waals surface area contributed by atoms with Gasteiger partial charge in [-0.15, -0.1) is 0 Å². The average Bonchev–Trinajstić information content (AvgIpc) is 3.23. The third kappa shape index (κ3) is 4.04. The molecule has 4 rings (SSSR count). The molecule has 1 N–H and O–H groups in total. The van der Waals surface area contributed by atoms with Crippen molar-refractivity contribution in [3.8, 4) is 17.2 Å². The molecule has 0 unspecified atom stereocenters. The summed E-state index contributed by atoms with van der Waals surface area (Å²) < 4.78 is 11.0. The fourth-order valence-corrected chi connectivity index (χ4v) is 2.56. The normalized spacial score (nSPS) is 10.4. The number of aromatic nitrogens is 3. The number of hydrogen-bond acceptors (Lipinski definition) is 6. The SMILES string of the molecule is O=C(Nc1ccccc1-c1nc(COc2ccccc2)no1)c1ccncc1. The Labute approximate surface area is 161 Å². The highest BCUT2D eigenvalue weighted by atomic mass is 16.5. The first-order valence-corrected chi connectivity index (χ1v) is 8.61. The van der Waals surface area contributed by atoms with Gasteiger partial charge in [0.05, 0.1) is 11.3 Å². The van der Waals surface area contributed by atoms with Gasteiger partial charge in [-0.3, -0.25) is 9.78 Å². The lowest BCUT2D eigenvalue weighted by molar-refractivity contribution is 0.102. The van der Waals surface area contributed by atoms with Crippen molar-refractivity contribution in [2.24, 2.45) is 0 Å². The summed E-state index contributed by atoms with van der Waals surface area (Å²) in [5.74, 6) is 1.19. The molecule has 0 fully saturated rings. The molecule has 2 aromatic carbocycles. The Bertz CT molecular complexity index is 1070. The first-order valence-electron chi connectivity index (χ1n) is 8.61. The molecule has 0 aliphatic rings. The van der Waals surface area contributed by atoms with Crippen LogP contribution in [0, 0.1) is 0 Å². The molecular weight excluding hydrogens is 356 g/mol. The van der Waals surface area contributed by atoms with E-state index in [-0.39, 0.29) is 12.5 Å². The summed E-state index contributed by atoms with van der Waals surface area (Å²) in [4.78, 5) is 20.7. The first-order chi connectivity index (χ1) is 13.8. The lowest BCUT2D eigenvalue weighted by Crippen LogP contribution is -2.12. The van der Waals surface area contributed by atoms with Crippen molar-refractivity contribution >= 4 is 11.6 Å². The molecule has 0 spiro atoms. The molecule has 28 heavy (non-hydrogen) atoms. The van der Waals surface area contributed by atoms with Gasteiger partial charge in [0.1, 0.15) is 5.75 Å². The quantitative estimate of drug-likeness (QED) is 0.551. The highest BCUT2D eigenvalue weighted by Crippen LogP contribution is 2.27. The van der Waals surface area contributed by atoms with E-state index in [2.05, 4.69) is 20.4 Å². The van der Waals surface area contributed by atoms with Gasteiger partial charge in [0, 0.05) is 18.0 Å². The molecule has 138 valence electrons. The zero-order valence-electron chi connectivity index (χ0n) is 14.8. The topological polar surface area (TPSA) is 90.1 Å². The molecule has 1 amide bonds. The fourth-order valence-electron chi connectivity index (χ4n) is 2.56. The number of para-hydroxylation sites is 2. The summed E-state index contributed by atoms with van der Waals surface area (Å²) in [6.45, 7) is 0.180. The first kappa shape index (κ1) is 17.4. The molecule has 0 aliphatic carbocycles. The van der Waals surface area contributed by atoms with Gasteiger partial charge in [0.15, 0.2) is 6.61 Å². The highest BCUT2D eigenvalue weighted by Gasteiger charge is 2.15. The van der Waals surface area contributed by atoms with Crippen LogP contribution in [0.4, 0.5) is 5.69 Å². The summed E-state index contributed by atoms with van der Waals surface area (Å²) >= 11 is 0. The van der Waals surface area contributed by atoms with Crippen LogP contribution in [0.1, 0.15) is 16.2 Å². The van der Waals surface area contributed by atoms with E-state index >= 15 is 0 Å². The minimum Gasteiger partial charge on any atom is -0.485 e. The van der Waals surface area contributed by atoms with Crippen molar-refractivity contribution < 1.29 is 14.1 Å². The van der Waals surface area contributed by atoms with E-state index in [1.807, 2.05) is 42.5 Å². The minimum atomic E-state index is -0.248. The Morgan fingerprint density at radius 3 is 2.54 bits per heavy atom. The molecule has 2 heterocycles. The summed E-state index contributed by atoms with van der Waals surface area (Å²) in [7, 11) is 0. The Morgan fingerprint density at radius 2 is 1.71 bits per heavy atom. The Kier molecular flexibility index (Phi) is 5.06. The maximum Gasteiger partial charge on any atom is 0.260 e. The predicted octanol–water partition coefficient (Wildman–Crippen LogP) is 3.96. The lowest BCUT2D eigenvalue weighted by atomic mass is 10.1. The zero-order chi connectivity index (χ0) is 19.2. The fraction of sp³-hybridized carbons (Fsp3) is 0.0476. The summed E-state index contributed by atoms with van der Waals surface area (Å²) in [6, 6.07) is 19.9. The molecule has 0 bridgehead atoms. The number of ether oxygens (including phenoxy) is 1. The smallest absolute Gasteiger partial charge is 0.260 e. The Hall–Kier alpha value is -4.00. The summed E-state index contributed by atoms with van der Waals surface area (Å²) in [5.41, 5.74) is 1.71. The second-order valence-corrected chi connectivity index (χ2v) is 5.85. The standard InChI is InChI=1S/C21H16N4O3/c26-20(15-10-12-22-13-11-15)23-18-9-5-4-8-17(18)21-24-19(25-28-21)14-27-16-6-2-1-3-7-16/h1-13H,14H2,(H,23,26). The monoisotopic (exact) mass is 372 g/mol. The van der Waals surface area contributed by atoms with E-state index in [1.165, 1.54) is 0 Å². The van der Waals surface area contributed by atoms with Gasteiger partial charge in [-0.05, 0) is 36.4 Å². The number of nitrogens with one attached hydrogen (secondary N) is 1. The van der Waals surface area contributed by atoms with Gasteiger partial charge in [-0.25, -0.2) is 0 Å². The van der Waals surface area contributed by atoms with Gasteiger partial charge in [0.2, 0.25) is 5.82 Å². The van der Waals surface area contributed by atoms with Crippen molar-refractivity contribution in [3.63, 3.8) is 0 Å². The number of hydrogen-bond donors (Lipinski definition) is 1. The lowest BCUT2D eigenvalue weighted by Gasteiger charge is -2.08. The van der Waals surface area contributed by atoms with Crippen molar-refractivity contribution in [2.75, 3.05) is 5.32 Å². The van der Waals surface area contributed by atoms with Crippen LogP contribution in [0.2, 0.25) is 0 Å². The number of pyridine rings is 1. The van der Waals surface area contributed by atoms with E-state index in [9.17, 15) is 4.79 Å². The molecule has 0 saturated carbocycles. The molecule has 7 nitrogen and oxygen atoms in total. The van der Waals surface area contributed by atoms with Crippen molar-refractivity contribution in [1.82, 2.24) is 15.1 Å². The van der Waals surface area contributed by atoms with Crippen LogP contribution in [0.5, 0.6) is 5.75 Å². The Balaban J connectivity index is 1.50. The van der Waals surface area contributed by atoms with Crippen molar-refractivity contribution in [1.29, 1.82) is 0 Å². The molecule has 2 aromatic heterocycles. The van der Waals surface area contributed by atoms with Crippen LogP contribution in [0.25, 0.3) is 11.5 Å². The minimum absolute atomic E-state index is 0.180. The Morgan fingerprint density at radius 1 is 0.964 bits per heavy atom. The second kappa shape index (κ2) is 8.13. The number of carbonyl (C=O) groups is 1. The molecule has 0 radical (unpaired) electrons. The average molecular weight is 372 g/mol. The number of benzene rings is 2. The van der Waals surface area contributed by atoms with E-state index in [0.29, 0.717) is 28.5 Å². The number of rotatable bonds is 6. The van der Waals surface area contributed by atoms with Crippen molar-refractivity contribution in [2.45, 2.75) is 6.61 Å². The number of anilines is 1. The summed E-state index contributed by atoms with van der Waals surface area (Å²) in [6.07, 6.45) is 3.13. The molecule has 0 aliphatic heterocycles. The predicted molar refractivity (Wildman–Crippen MR) is 103 cm³/mol. The third-order valence-electron chi connectivity index (χ3n) is 3.93. The maximum absolute atomic E-state index is 12.4. The van der Waals surface area contributed by atoms with E-state index in [4.69, 9.17) is 9.26 Å².